The number of alkyl halides is 1. The average molecular weight is 484 g/mol. The van der Waals surface area contributed by atoms with Gasteiger partial charge in [0, 0.05) is 36.8 Å². The minimum absolute atomic E-state index is 0.00938. The standard InChI is InChI=1S/C26H28F3N5O/c27-14-18-2-1-11-32(15-18)17-24(35)33-12-13-34-23(16-33)31-25(19-3-5-20(28)6-4-19)26(34)30-22-9-7-21(29)8-10-22/h3-10,18,30H,1-2,11-17H2. The number of halogens is 3. The first-order valence-electron chi connectivity index (χ1n) is 11.9. The maximum Gasteiger partial charge on any atom is 0.237 e. The molecule has 6 nitrogen and oxygen atoms in total. The molecule has 3 heterocycles. The molecule has 1 aromatic heterocycles. The van der Waals surface area contributed by atoms with E-state index in [1.54, 1.807) is 29.2 Å². The number of amides is 1. The van der Waals surface area contributed by atoms with Crippen LogP contribution >= 0.6 is 0 Å². The van der Waals surface area contributed by atoms with Gasteiger partial charge in [0.25, 0.3) is 0 Å². The van der Waals surface area contributed by atoms with Crippen molar-refractivity contribution in [2.24, 2.45) is 5.92 Å². The van der Waals surface area contributed by atoms with Crippen LogP contribution in [0.1, 0.15) is 18.7 Å². The van der Waals surface area contributed by atoms with Gasteiger partial charge in [-0.25, -0.2) is 13.8 Å². The van der Waals surface area contributed by atoms with E-state index in [1.807, 2.05) is 9.47 Å². The molecule has 0 aliphatic carbocycles. The molecule has 1 fully saturated rings. The van der Waals surface area contributed by atoms with E-state index in [-0.39, 0.29) is 36.7 Å². The van der Waals surface area contributed by atoms with Gasteiger partial charge in [-0.2, -0.15) is 0 Å². The summed E-state index contributed by atoms with van der Waals surface area (Å²) in [7, 11) is 0. The molecule has 35 heavy (non-hydrogen) atoms. The lowest BCUT2D eigenvalue weighted by atomic mass is 9.99. The Balaban J connectivity index is 1.38. The van der Waals surface area contributed by atoms with E-state index in [9.17, 15) is 18.0 Å². The first-order chi connectivity index (χ1) is 17.0. The first kappa shape index (κ1) is 23.4. The van der Waals surface area contributed by atoms with Crippen molar-refractivity contribution in [3.8, 4) is 11.3 Å². The van der Waals surface area contributed by atoms with Gasteiger partial charge in [0.15, 0.2) is 0 Å². The minimum atomic E-state index is -0.345. The van der Waals surface area contributed by atoms with Crippen molar-refractivity contribution >= 4 is 17.4 Å². The summed E-state index contributed by atoms with van der Waals surface area (Å²) in [6.07, 6.45) is 1.78. The molecular formula is C26H28F3N5O. The topological polar surface area (TPSA) is 53.4 Å². The molecule has 2 aromatic carbocycles. The van der Waals surface area contributed by atoms with Gasteiger partial charge in [0.05, 0.1) is 19.8 Å². The van der Waals surface area contributed by atoms with E-state index in [1.165, 1.54) is 24.3 Å². The van der Waals surface area contributed by atoms with Crippen LogP contribution in [-0.2, 0) is 17.9 Å². The Hall–Kier alpha value is -3.33. The van der Waals surface area contributed by atoms with E-state index < -0.39 is 0 Å². The van der Waals surface area contributed by atoms with Gasteiger partial charge in [0.1, 0.15) is 29.0 Å². The number of aromatic nitrogens is 2. The highest BCUT2D eigenvalue weighted by Gasteiger charge is 2.29. The van der Waals surface area contributed by atoms with Crippen LogP contribution in [0.4, 0.5) is 24.7 Å². The number of carbonyl (C=O) groups excluding carboxylic acids is 1. The third kappa shape index (κ3) is 5.19. The highest BCUT2D eigenvalue weighted by molar-refractivity contribution is 5.79. The van der Waals surface area contributed by atoms with Crippen molar-refractivity contribution in [1.82, 2.24) is 19.4 Å². The number of hydrogen-bond acceptors (Lipinski definition) is 4. The molecule has 9 heteroatoms. The number of anilines is 2. The van der Waals surface area contributed by atoms with Gasteiger partial charge in [-0.3, -0.25) is 14.1 Å². The molecule has 1 N–H and O–H groups in total. The predicted molar refractivity (Wildman–Crippen MR) is 128 cm³/mol. The van der Waals surface area contributed by atoms with Crippen LogP contribution < -0.4 is 5.32 Å². The summed E-state index contributed by atoms with van der Waals surface area (Å²) in [6.45, 7) is 2.76. The van der Waals surface area contributed by atoms with Crippen LogP contribution in [0.25, 0.3) is 11.3 Å². The molecule has 0 bridgehead atoms. The number of fused-ring (bicyclic) bond motifs is 1. The minimum Gasteiger partial charge on any atom is -0.340 e. The van der Waals surface area contributed by atoms with Crippen molar-refractivity contribution in [2.45, 2.75) is 25.9 Å². The molecular weight excluding hydrogens is 455 g/mol. The third-order valence-electron chi connectivity index (χ3n) is 6.73. The second-order valence-electron chi connectivity index (χ2n) is 9.23. The van der Waals surface area contributed by atoms with Crippen LogP contribution in [0.15, 0.2) is 48.5 Å². The number of likely N-dealkylation sites (tertiary alicyclic amines) is 1. The molecule has 0 saturated carbocycles. The predicted octanol–water partition coefficient (Wildman–Crippen LogP) is 4.60. The molecule has 1 atom stereocenters. The molecule has 184 valence electrons. The maximum absolute atomic E-state index is 13.5. The summed E-state index contributed by atoms with van der Waals surface area (Å²) in [4.78, 5) is 21.7. The Morgan fingerprint density at radius 1 is 1.00 bits per heavy atom. The monoisotopic (exact) mass is 483 g/mol. The lowest BCUT2D eigenvalue weighted by Crippen LogP contribution is -2.46. The van der Waals surface area contributed by atoms with Gasteiger partial charge < -0.3 is 14.8 Å². The Bertz CT molecular complexity index is 1180. The van der Waals surface area contributed by atoms with Crippen molar-refractivity contribution in [1.29, 1.82) is 0 Å². The Kier molecular flexibility index (Phi) is 6.77. The van der Waals surface area contributed by atoms with E-state index in [0.717, 1.165) is 24.9 Å². The molecule has 5 rings (SSSR count). The zero-order chi connectivity index (χ0) is 24.4. The summed E-state index contributed by atoms with van der Waals surface area (Å²) in [5, 5.41) is 3.33. The van der Waals surface area contributed by atoms with Gasteiger partial charge in [0.2, 0.25) is 5.91 Å². The molecule has 1 unspecified atom stereocenters. The summed E-state index contributed by atoms with van der Waals surface area (Å²) in [6, 6.07) is 12.1. The number of piperidine rings is 1. The Morgan fingerprint density at radius 3 is 2.43 bits per heavy atom. The average Bonchev–Trinajstić information content (AvgIpc) is 3.23. The molecule has 0 spiro atoms. The highest BCUT2D eigenvalue weighted by Crippen LogP contribution is 2.33. The highest BCUT2D eigenvalue weighted by atomic mass is 19.1. The first-order valence-corrected chi connectivity index (χ1v) is 11.9. The molecule has 3 aromatic rings. The van der Waals surface area contributed by atoms with E-state index in [0.29, 0.717) is 49.2 Å². The lowest BCUT2D eigenvalue weighted by molar-refractivity contribution is -0.134. The molecule has 1 saturated heterocycles. The van der Waals surface area contributed by atoms with E-state index in [4.69, 9.17) is 4.98 Å². The maximum atomic E-state index is 13.5. The largest absolute Gasteiger partial charge is 0.340 e. The van der Waals surface area contributed by atoms with Crippen LogP contribution in [0.3, 0.4) is 0 Å². The molecule has 2 aliphatic heterocycles. The van der Waals surface area contributed by atoms with Gasteiger partial charge in [-0.05, 0) is 67.9 Å². The molecule has 2 aliphatic rings. The second kappa shape index (κ2) is 10.1. The molecule has 1 amide bonds. The van der Waals surface area contributed by atoms with Gasteiger partial charge in [-0.15, -0.1) is 0 Å². The lowest BCUT2D eigenvalue weighted by Gasteiger charge is -2.34. The summed E-state index contributed by atoms with van der Waals surface area (Å²) >= 11 is 0. The van der Waals surface area contributed by atoms with Crippen LogP contribution in [0.2, 0.25) is 0 Å². The van der Waals surface area contributed by atoms with Gasteiger partial charge in [-0.1, -0.05) is 0 Å². The smallest absolute Gasteiger partial charge is 0.237 e. The SMILES string of the molecule is O=C(CN1CCCC(CF)C1)N1CCn2c(nc(-c3ccc(F)cc3)c2Nc2ccc(F)cc2)C1. The second-order valence-corrected chi connectivity index (χ2v) is 9.23. The number of rotatable bonds is 6. The van der Waals surface area contributed by atoms with Crippen LogP contribution in [-0.4, -0.2) is 58.1 Å². The number of imidazole rings is 1. The zero-order valence-electron chi connectivity index (χ0n) is 19.4. The summed E-state index contributed by atoms with van der Waals surface area (Å²) in [5.41, 5.74) is 2.07. The fourth-order valence-corrected chi connectivity index (χ4v) is 4.86. The van der Waals surface area contributed by atoms with Gasteiger partial charge >= 0.3 is 0 Å². The summed E-state index contributed by atoms with van der Waals surface area (Å²) in [5.74, 6) is 0.784. The number of nitrogens with one attached hydrogen (secondary N) is 1. The van der Waals surface area contributed by atoms with Crippen molar-refractivity contribution in [2.75, 3.05) is 38.2 Å². The van der Waals surface area contributed by atoms with E-state index >= 15 is 0 Å². The Morgan fingerprint density at radius 2 is 1.71 bits per heavy atom. The number of nitrogens with zero attached hydrogens (tertiary/aromatic N) is 4. The van der Waals surface area contributed by atoms with Crippen molar-refractivity contribution in [3.05, 3.63) is 66.0 Å². The molecule has 0 radical (unpaired) electrons. The van der Waals surface area contributed by atoms with E-state index in [2.05, 4.69) is 5.32 Å². The van der Waals surface area contributed by atoms with Crippen LogP contribution in [0, 0.1) is 17.6 Å². The zero-order valence-corrected chi connectivity index (χ0v) is 19.4. The quantitative estimate of drug-likeness (QED) is 0.557. The number of carbonyl (C=O) groups is 1. The van der Waals surface area contributed by atoms with Crippen molar-refractivity contribution < 1.29 is 18.0 Å². The summed E-state index contributed by atoms with van der Waals surface area (Å²) < 4.78 is 42.1. The third-order valence-corrected chi connectivity index (χ3v) is 6.73. The number of hydrogen-bond donors (Lipinski definition) is 1. The Labute approximate surface area is 202 Å². The number of benzene rings is 2. The normalized spacial score (nSPS) is 18.4. The fraction of sp³-hybridized carbons (Fsp3) is 0.385. The van der Waals surface area contributed by atoms with Crippen LogP contribution in [0.5, 0.6) is 0 Å². The fourth-order valence-electron chi connectivity index (χ4n) is 4.86. The van der Waals surface area contributed by atoms with Crippen molar-refractivity contribution in [3.63, 3.8) is 0 Å².